The van der Waals surface area contributed by atoms with E-state index in [1.807, 2.05) is 30.3 Å². The average molecular weight is 245 g/mol. The van der Waals surface area contributed by atoms with E-state index >= 15 is 0 Å². The minimum atomic E-state index is 0.0221. The fourth-order valence-electron chi connectivity index (χ4n) is 1.79. The fraction of sp³-hybridized carbons (Fsp3) is 0.0833. The van der Waals surface area contributed by atoms with E-state index in [1.165, 1.54) is 11.3 Å². The molecule has 1 aliphatic heterocycles. The van der Waals surface area contributed by atoms with Gasteiger partial charge in [-0.2, -0.15) is 0 Å². The zero-order valence-electron chi connectivity index (χ0n) is 8.97. The molecule has 0 unspecified atom stereocenters. The summed E-state index contributed by atoms with van der Waals surface area (Å²) in [5.41, 5.74) is 8.58. The number of thiophene rings is 1. The van der Waals surface area contributed by atoms with Crippen LogP contribution in [0.1, 0.15) is 10.4 Å². The number of nitrogens with two attached hydrogens (primary N) is 1. The smallest absolute Gasteiger partial charge is 0.134 e. The highest BCUT2D eigenvalue weighted by Gasteiger charge is 2.17. The number of amidine groups is 1. The lowest BCUT2D eigenvalue weighted by Gasteiger charge is -2.04. The zero-order valence-corrected chi connectivity index (χ0v) is 9.79. The second kappa shape index (κ2) is 3.87. The van der Waals surface area contributed by atoms with E-state index in [-0.39, 0.29) is 6.61 Å². The predicted octanol–water partition coefficient (Wildman–Crippen LogP) is 2.33. The van der Waals surface area contributed by atoms with E-state index in [4.69, 9.17) is 10.8 Å². The molecule has 2 aromatic rings. The molecular formula is C12H11N3OS. The van der Waals surface area contributed by atoms with E-state index in [2.05, 4.69) is 10.3 Å². The van der Waals surface area contributed by atoms with Gasteiger partial charge in [-0.05, 0) is 18.2 Å². The molecule has 0 aliphatic carbocycles. The van der Waals surface area contributed by atoms with Crippen LogP contribution in [-0.4, -0.2) is 10.9 Å². The maximum Gasteiger partial charge on any atom is 0.134 e. The molecule has 0 radical (unpaired) electrons. The van der Waals surface area contributed by atoms with Crippen LogP contribution >= 0.6 is 11.3 Å². The third kappa shape index (κ3) is 1.69. The minimum Gasteiger partial charge on any atom is -0.391 e. The molecule has 2 heterocycles. The van der Waals surface area contributed by atoms with Crippen LogP contribution in [0.2, 0.25) is 0 Å². The number of rotatable bonds is 1. The third-order valence-corrected chi connectivity index (χ3v) is 3.64. The van der Waals surface area contributed by atoms with Crippen molar-refractivity contribution in [2.75, 3.05) is 5.32 Å². The number of hydrogen-bond donors (Lipinski definition) is 3. The van der Waals surface area contributed by atoms with Gasteiger partial charge >= 0.3 is 0 Å². The molecule has 4 N–H and O–H groups in total. The molecule has 0 atom stereocenters. The standard InChI is InChI=1S/C12H11N3OS/c13-11-8-5-7(6-16)17-12(8)15-10-4-2-1-3-9(10)14-11/h1-5,15-16H,6H2,(H2,13,14). The molecule has 17 heavy (non-hydrogen) atoms. The largest absolute Gasteiger partial charge is 0.391 e. The van der Waals surface area contributed by atoms with Gasteiger partial charge in [-0.1, -0.05) is 12.1 Å². The summed E-state index contributed by atoms with van der Waals surface area (Å²) in [6.07, 6.45) is 0. The van der Waals surface area contributed by atoms with Crippen molar-refractivity contribution in [3.05, 3.63) is 40.8 Å². The van der Waals surface area contributed by atoms with E-state index in [0.717, 1.165) is 26.8 Å². The van der Waals surface area contributed by atoms with Gasteiger partial charge in [0.2, 0.25) is 0 Å². The van der Waals surface area contributed by atoms with Crippen LogP contribution < -0.4 is 11.1 Å². The molecule has 0 spiro atoms. The number of fused-ring (bicyclic) bond motifs is 2. The van der Waals surface area contributed by atoms with Crippen molar-refractivity contribution < 1.29 is 5.11 Å². The minimum absolute atomic E-state index is 0.0221. The van der Waals surface area contributed by atoms with Crippen molar-refractivity contribution in [2.24, 2.45) is 10.7 Å². The van der Waals surface area contributed by atoms with Crippen molar-refractivity contribution in [3.63, 3.8) is 0 Å². The summed E-state index contributed by atoms with van der Waals surface area (Å²) < 4.78 is 0. The van der Waals surface area contributed by atoms with Crippen molar-refractivity contribution in [1.82, 2.24) is 0 Å². The van der Waals surface area contributed by atoms with Crippen LogP contribution in [0.4, 0.5) is 16.4 Å². The number of nitrogens with zero attached hydrogens (tertiary/aromatic N) is 1. The highest BCUT2D eigenvalue weighted by atomic mass is 32.1. The van der Waals surface area contributed by atoms with E-state index in [0.29, 0.717) is 5.84 Å². The summed E-state index contributed by atoms with van der Waals surface area (Å²) in [6.45, 7) is 0.0221. The Balaban J connectivity index is 2.18. The Morgan fingerprint density at radius 2 is 2.18 bits per heavy atom. The van der Waals surface area contributed by atoms with Gasteiger partial charge in [-0.15, -0.1) is 11.3 Å². The van der Waals surface area contributed by atoms with E-state index in [9.17, 15) is 0 Å². The highest BCUT2D eigenvalue weighted by molar-refractivity contribution is 7.16. The molecule has 0 amide bonds. The second-order valence-electron chi connectivity index (χ2n) is 3.75. The zero-order chi connectivity index (χ0) is 11.8. The Hall–Kier alpha value is -1.85. The van der Waals surface area contributed by atoms with Gasteiger partial charge in [0.05, 0.1) is 23.5 Å². The molecule has 1 aromatic carbocycles. The highest BCUT2D eigenvalue weighted by Crippen LogP contribution is 2.37. The van der Waals surface area contributed by atoms with Crippen molar-refractivity contribution in [2.45, 2.75) is 6.61 Å². The SMILES string of the molecule is NC1=Nc2ccccc2Nc2sc(CO)cc21. The van der Waals surface area contributed by atoms with Crippen LogP contribution in [0, 0.1) is 0 Å². The number of aliphatic hydroxyl groups excluding tert-OH is 1. The maximum atomic E-state index is 9.14. The molecule has 3 rings (SSSR count). The van der Waals surface area contributed by atoms with Gasteiger partial charge in [0.25, 0.3) is 0 Å². The number of aliphatic hydroxyl groups is 1. The number of aliphatic imine (C=N–C) groups is 1. The molecule has 0 saturated carbocycles. The van der Waals surface area contributed by atoms with Crippen molar-refractivity contribution in [3.8, 4) is 0 Å². The van der Waals surface area contributed by atoms with Crippen molar-refractivity contribution >= 4 is 33.5 Å². The molecule has 5 heteroatoms. The molecule has 0 fully saturated rings. The molecule has 4 nitrogen and oxygen atoms in total. The van der Waals surface area contributed by atoms with Crippen LogP contribution in [0.3, 0.4) is 0 Å². The number of para-hydroxylation sites is 2. The van der Waals surface area contributed by atoms with E-state index < -0.39 is 0 Å². The number of anilines is 2. The van der Waals surface area contributed by atoms with E-state index in [1.54, 1.807) is 0 Å². The van der Waals surface area contributed by atoms with Gasteiger partial charge in [0, 0.05) is 4.88 Å². The normalized spacial score (nSPS) is 13.1. The van der Waals surface area contributed by atoms with Gasteiger partial charge in [0.1, 0.15) is 10.8 Å². The van der Waals surface area contributed by atoms with Crippen molar-refractivity contribution in [1.29, 1.82) is 0 Å². The second-order valence-corrected chi connectivity index (χ2v) is 4.89. The van der Waals surface area contributed by atoms with Crippen LogP contribution in [0.15, 0.2) is 35.3 Å². The first-order chi connectivity index (χ1) is 8.28. The summed E-state index contributed by atoms with van der Waals surface area (Å²) in [6, 6.07) is 9.62. The molecule has 0 bridgehead atoms. The maximum absolute atomic E-state index is 9.14. The lowest BCUT2D eigenvalue weighted by Crippen LogP contribution is -2.11. The molecule has 1 aromatic heterocycles. The Bertz CT molecular complexity index is 604. The summed E-state index contributed by atoms with van der Waals surface area (Å²) in [7, 11) is 0. The summed E-state index contributed by atoms with van der Waals surface area (Å²) in [5.74, 6) is 0.480. The number of nitrogens with one attached hydrogen (secondary N) is 1. The van der Waals surface area contributed by atoms with Gasteiger partial charge in [0.15, 0.2) is 0 Å². The lowest BCUT2D eigenvalue weighted by molar-refractivity contribution is 0.285. The van der Waals surface area contributed by atoms with Gasteiger partial charge in [-0.25, -0.2) is 4.99 Å². The number of benzene rings is 1. The third-order valence-electron chi connectivity index (χ3n) is 2.61. The summed E-state index contributed by atoms with van der Waals surface area (Å²) in [5, 5.41) is 13.4. The lowest BCUT2D eigenvalue weighted by atomic mass is 10.2. The molecule has 1 aliphatic rings. The Labute approximate surface area is 102 Å². The average Bonchev–Trinajstić information content (AvgIpc) is 2.69. The van der Waals surface area contributed by atoms with Crippen LogP contribution in [0.5, 0.6) is 0 Å². The quantitative estimate of drug-likeness (QED) is 0.722. The van der Waals surface area contributed by atoms with Gasteiger partial charge in [-0.3, -0.25) is 0 Å². The first kappa shape index (κ1) is 10.3. The Kier molecular flexibility index (Phi) is 2.35. The first-order valence-electron chi connectivity index (χ1n) is 5.22. The summed E-state index contributed by atoms with van der Waals surface area (Å²) in [4.78, 5) is 5.26. The van der Waals surface area contributed by atoms with Crippen LogP contribution in [-0.2, 0) is 6.61 Å². The fourth-order valence-corrected chi connectivity index (χ4v) is 2.73. The predicted molar refractivity (Wildman–Crippen MR) is 70.4 cm³/mol. The Morgan fingerprint density at radius 1 is 1.35 bits per heavy atom. The van der Waals surface area contributed by atoms with Gasteiger partial charge < -0.3 is 16.2 Å². The van der Waals surface area contributed by atoms with Crippen LogP contribution in [0.25, 0.3) is 0 Å². The Morgan fingerprint density at radius 3 is 3.00 bits per heavy atom. The first-order valence-corrected chi connectivity index (χ1v) is 6.04. The summed E-state index contributed by atoms with van der Waals surface area (Å²) >= 11 is 1.49. The number of hydrogen-bond acceptors (Lipinski definition) is 5. The monoisotopic (exact) mass is 245 g/mol. The molecule has 0 saturated heterocycles. The topological polar surface area (TPSA) is 70.6 Å². The molecule has 86 valence electrons. The molecular weight excluding hydrogens is 234 g/mol.